The summed E-state index contributed by atoms with van der Waals surface area (Å²) in [5, 5.41) is 8.58. The predicted octanol–water partition coefficient (Wildman–Crippen LogP) is 0.845. The third-order valence-electron chi connectivity index (χ3n) is 2.26. The summed E-state index contributed by atoms with van der Waals surface area (Å²) < 4.78 is 12.9. The van der Waals surface area contributed by atoms with Gasteiger partial charge in [-0.25, -0.2) is 4.39 Å². The van der Waals surface area contributed by atoms with Crippen LogP contribution in [0.1, 0.15) is 19.8 Å². The normalized spacial score (nSPS) is 21.6. The number of halogens is 1. The quantitative estimate of drug-likeness (QED) is 0.661. The number of piperidine rings is 1. The van der Waals surface area contributed by atoms with E-state index in [1.807, 2.05) is 0 Å². The van der Waals surface area contributed by atoms with E-state index < -0.39 is 12.4 Å². The molecular weight excluding hydrogens is 173 g/mol. The van der Waals surface area contributed by atoms with Gasteiger partial charge in [-0.3, -0.25) is 4.79 Å². The van der Waals surface area contributed by atoms with Gasteiger partial charge in [0.25, 0.3) is 0 Å². The van der Waals surface area contributed by atoms with E-state index in [0.717, 1.165) is 6.42 Å². The highest BCUT2D eigenvalue weighted by atomic mass is 19.1. The van der Waals surface area contributed by atoms with Gasteiger partial charge in [-0.15, -0.1) is 0 Å². The van der Waals surface area contributed by atoms with Gasteiger partial charge in [-0.2, -0.15) is 0 Å². The number of hydrogen-bond acceptors (Lipinski definition) is 2. The lowest BCUT2D eigenvalue weighted by Crippen LogP contribution is -2.35. The van der Waals surface area contributed by atoms with Crippen molar-refractivity contribution in [3.05, 3.63) is 11.4 Å². The van der Waals surface area contributed by atoms with Gasteiger partial charge in [-0.1, -0.05) is 0 Å². The molecule has 0 spiro atoms. The highest BCUT2D eigenvalue weighted by Gasteiger charge is 2.18. The maximum atomic E-state index is 12.9. The fourth-order valence-corrected chi connectivity index (χ4v) is 1.47. The first-order chi connectivity index (χ1) is 6.15. The molecule has 3 nitrogen and oxygen atoms in total. The third kappa shape index (κ3) is 2.52. The number of hydrogen-bond donors (Lipinski definition) is 1. The number of rotatable bonds is 1. The van der Waals surface area contributed by atoms with Crippen molar-refractivity contribution in [2.75, 3.05) is 19.7 Å². The topological polar surface area (TPSA) is 40.5 Å². The Morgan fingerprint density at radius 3 is 2.92 bits per heavy atom. The van der Waals surface area contributed by atoms with E-state index in [0.29, 0.717) is 25.1 Å². The van der Waals surface area contributed by atoms with Crippen LogP contribution in [0, 0.1) is 0 Å². The van der Waals surface area contributed by atoms with Crippen molar-refractivity contribution < 1.29 is 14.3 Å². The molecule has 1 heterocycles. The first kappa shape index (κ1) is 10.2. The Kier molecular flexibility index (Phi) is 3.42. The second-order valence-corrected chi connectivity index (χ2v) is 3.21. The SMILES string of the molecule is CC(=O)N1CCCC(=C(F)CO)C1. The van der Waals surface area contributed by atoms with Crippen LogP contribution in [-0.2, 0) is 4.79 Å². The molecule has 0 radical (unpaired) electrons. The van der Waals surface area contributed by atoms with E-state index in [2.05, 4.69) is 0 Å². The molecule has 1 aliphatic rings. The largest absolute Gasteiger partial charge is 0.389 e. The first-order valence-electron chi connectivity index (χ1n) is 4.38. The zero-order valence-electron chi connectivity index (χ0n) is 7.72. The standard InChI is InChI=1S/C9H14FNO2/c1-7(13)11-4-2-3-8(5-11)9(10)6-12/h12H,2-6H2,1H3. The van der Waals surface area contributed by atoms with Gasteiger partial charge < -0.3 is 10.0 Å². The van der Waals surface area contributed by atoms with E-state index in [1.54, 1.807) is 4.90 Å². The van der Waals surface area contributed by atoms with Crippen LogP contribution in [0.2, 0.25) is 0 Å². The van der Waals surface area contributed by atoms with E-state index in [-0.39, 0.29) is 5.91 Å². The molecule has 1 fully saturated rings. The zero-order chi connectivity index (χ0) is 9.84. The minimum atomic E-state index is -0.554. The molecule has 0 aromatic carbocycles. The van der Waals surface area contributed by atoms with Crippen molar-refractivity contribution in [2.45, 2.75) is 19.8 Å². The number of carbonyl (C=O) groups excluding carboxylic acids is 1. The van der Waals surface area contributed by atoms with Gasteiger partial charge >= 0.3 is 0 Å². The summed E-state index contributed by atoms with van der Waals surface area (Å²) in [6.07, 6.45) is 1.43. The van der Waals surface area contributed by atoms with Gasteiger partial charge in [0.1, 0.15) is 5.83 Å². The van der Waals surface area contributed by atoms with E-state index in [1.165, 1.54) is 6.92 Å². The first-order valence-corrected chi connectivity index (χ1v) is 4.38. The molecule has 0 unspecified atom stereocenters. The summed E-state index contributed by atoms with van der Waals surface area (Å²) in [5.41, 5.74) is 0.559. The highest BCUT2D eigenvalue weighted by molar-refractivity contribution is 5.73. The lowest BCUT2D eigenvalue weighted by molar-refractivity contribution is -0.128. The summed E-state index contributed by atoms with van der Waals surface area (Å²) in [6.45, 7) is 1.94. The fraction of sp³-hybridized carbons (Fsp3) is 0.667. The summed E-state index contributed by atoms with van der Waals surface area (Å²) >= 11 is 0. The number of aliphatic hydroxyl groups excluding tert-OH is 1. The maximum Gasteiger partial charge on any atom is 0.219 e. The number of carbonyl (C=O) groups is 1. The molecule has 1 saturated heterocycles. The minimum Gasteiger partial charge on any atom is -0.389 e. The van der Waals surface area contributed by atoms with Crippen molar-refractivity contribution in [1.29, 1.82) is 0 Å². The Morgan fingerprint density at radius 2 is 2.38 bits per heavy atom. The van der Waals surface area contributed by atoms with Crippen molar-refractivity contribution in [3.63, 3.8) is 0 Å². The molecule has 74 valence electrons. The van der Waals surface area contributed by atoms with Crippen LogP contribution >= 0.6 is 0 Å². The lowest BCUT2D eigenvalue weighted by Gasteiger charge is -2.27. The van der Waals surface area contributed by atoms with Crippen LogP contribution in [0.25, 0.3) is 0 Å². The second-order valence-electron chi connectivity index (χ2n) is 3.21. The molecule has 0 bridgehead atoms. The average Bonchev–Trinajstić information content (AvgIpc) is 2.17. The molecule has 0 aliphatic carbocycles. The number of aliphatic hydroxyl groups is 1. The van der Waals surface area contributed by atoms with Gasteiger partial charge in [0.15, 0.2) is 0 Å². The van der Waals surface area contributed by atoms with Crippen LogP contribution in [0.15, 0.2) is 11.4 Å². The van der Waals surface area contributed by atoms with E-state index >= 15 is 0 Å². The monoisotopic (exact) mass is 187 g/mol. The Morgan fingerprint density at radius 1 is 1.69 bits per heavy atom. The molecule has 1 rings (SSSR count). The lowest BCUT2D eigenvalue weighted by atomic mass is 10.0. The van der Waals surface area contributed by atoms with Crippen molar-refractivity contribution in [2.24, 2.45) is 0 Å². The fourth-order valence-electron chi connectivity index (χ4n) is 1.47. The molecule has 0 atom stereocenters. The molecule has 1 aliphatic heterocycles. The molecule has 13 heavy (non-hydrogen) atoms. The second kappa shape index (κ2) is 4.37. The summed E-state index contributed by atoms with van der Waals surface area (Å²) in [5.74, 6) is -0.520. The smallest absolute Gasteiger partial charge is 0.219 e. The van der Waals surface area contributed by atoms with Crippen molar-refractivity contribution >= 4 is 5.91 Å². The van der Waals surface area contributed by atoms with Gasteiger partial charge in [-0.05, 0) is 18.4 Å². The summed E-state index contributed by atoms with van der Waals surface area (Å²) in [4.78, 5) is 12.6. The highest BCUT2D eigenvalue weighted by Crippen LogP contribution is 2.19. The van der Waals surface area contributed by atoms with Crippen LogP contribution in [0.4, 0.5) is 4.39 Å². The van der Waals surface area contributed by atoms with Crippen LogP contribution in [-0.4, -0.2) is 35.6 Å². The van der Waals surface area contributed by atoms with Crippen LogP contribution in [0.5, 0.6) is 0 Å². The summed E-state index contributed by atoms with van der Waals surface area (Å²) in [7, 11) is 0. The number of amides is 1. The predicted molar refractivity (Wildman–Crippen MR) is 46.7 cm³/mol. The zero-order valence-corrected chi connectivity index (χ0v) is 7.72. The number of nitrogens with zero attached hydrogens (tertiary/aromatic N) is 1. The van der Waals surface area contributed by atoms with E-state index in [9.17, 15) is 9.18 Å². The minimum absolute atomic E-state index is 0.0389. The Balaban J connectivity index is 2.66. The molecule has 0 aromatic heterocycles. The maximum absolute atomic E-state index is 12.9. The molecule has 1 amide bonds. The Bertz CT molecular complexity index is 238. The molecule has 1 N–H and O–H groups in total. The van der Waals surface area contributed by atoms with Crippen LogP contribution in [0.3, 0.4) is 0 Å². The molecule has 0 saturated carbocycles. The van der Waals surface area contributed by atoms with Gasteiger partial charge in [0, 0.05) is 20.0 Å². The van der Waals surface area contributed by atoms with Crippen molar-refractivity contribution in [1.82, 2.24) is 4.90 Å². The Labute approximate surface area is 76.8 Å². The molecule has 0 aromatic rings. The third-order valence-corrected chi connectivity index (χ3v) is 2.26. The number of likely N-dealkylation sites (tertiary alicyclic amines) is 1. The summed E-state index contributed by atoms with van der Waals surface area (Å²) in [6, 6.07) is 0. The van der Waals surface area contributed by atoms with Gasteiger partial charge in [0.05, 0.1) is 6.61 Å². The van der Waals surface area contributed by atoms with Crippen molar-refractivity contribution in [3.8, 4) is 0 Å². The van der Waals surface area contributed by atoms with E-state index in [4.69, 9.17) is 5.11 Å². The van der Waals surface area contributed by atoms with Crippen LogP contribution < -0.4 is 0 Å². The molecular formula is C9H14FNO2. The molecule has 4 heteroatoms. The average molecular weight is 187 g/mol. The Hall–Kier alpha value is -0.900. The van der Waals surface area contributed by atoms with Gasteiger partial charge in [0.2, 0.25) is 5.91 Å².